The van der Waals surface area contributed by atoms with Crippen molar-refractivity contribution < 1.29 is 5.11 Å². The molecule has 0 unspecified atom stereocenters. The van der Waals surface area contributed by atoms with E-state index in [0.29, 0.717) is 13.0 Å². The molecule has 0 saturated heterocycles. The van der Waals surface area contributed by atoms with Crippen LogP contribution in [-0.2, 0) is 5.41 Å². The molecule has 4 rings (SSSR count). The Morgan fingerprint density at radius 3 is 2.64 bits per heavy atom. The van der Waals surface area contributed by atoms with Crippen molar-refractivity contribution in [1.82, 2.24) is 15.2 Å². The van der Waals surface area contributed by atoms with Crippen molar-refractivity contribution in [2.45, 2.75) is 58.3 Å². The second-order valence-electron chi connectivity index (χ2n) is 8.73. The molecule has 0 amide bonds. The first-order valence-electron chi connectivity index (χ1n) is 10.0. The van der Waals surface area contributed by atoms with E-state index in [1.54, 1.807) is 0 Å². The first kappa shape index (κ1) is 19.3. The van der Waals surface area contributed by atoms with Crippen LogP contribution in [0.2, 0.25) is 0 Å². The number of hydrogen-bond donors (Lipinski definition) is 2. The van der Waals surface area contributed by atoms with Gasteiger partial charge in [0.15, 0.2) is 5.01 Å². The van der Waals surface area contributed by atoms with Crippen LogP contribution in [0.1, 0.15) is 62.6 Å². The lowest BCUT2D eigenvalue weighted by molar-refractivity contribution is 0.292. The van der Waals surface area contributed by atoms with Crippen LogP contribution in [0.25, 0.3) is 21.6 Å². The highest BCUT2D eigenvalue weighted by Crippen LogP contribution is 2.44. The number of fused-ring (bicyclic) bond motifs is 1. The van der Waals surface area contributed by atoms with Crippen LogP contribution < -0.4 is 5.32 Å². The van der Waals surface area contributed by atoms with Crippen molar-refractivity contribution in [1.29, 1.82) is 0 Å². The molecule has 0 bridgehead atoms. The molecule has 148 valence electrons. The van der Waals surface area contributed by atoms with Crippen LogP contribution in [-0.4, -0.2) is 33.4 Å². The molecule has 5 nitrogen and oxygen atoms in total. The molecule has 2 aromatic heterocycles. The minimum atomic E-state index is 0.0271. The van der Waals surface area contributed by atoms with Crippen molar-refractivity contribution in [2.24, 2.45) is 0 Å². The quantitative estimate of drug-likeness (QED) is 0.572. The predicted octanol–water partition coefficient (Wildman–Crippen LogP) is 5.03. The Kier molecular flexibility index (Phi) is 5.10. The molecule has 3 aromatic rings. The summed E-state index contributed by atoms with van der Waals surface area (Å²) in [5.41, 5.74) is 5.99. The summed E-state index contributed by atoms with van der Waals surface area (Å²) in [7, 11) is 0. The van der Waals surface area contributed by atoms with Gasteiger partial charge in [-0.3, -0.25) is 0 Å². The second-order valence-corrected chi connectivity index (χ2v) is 9.71. The number of nitrogens with one attached hydrogen (secondary N) is 1. The van der Waals surface area contributed by atoms with Gasteiger partial charge in [-0.05, 0) is 66.3 Å². The molecular weight excluding hydrogens is 368 g/mol. The number of anilines is 1. The molecule has 1 aliphatic rings. The van der Waals surface area contributed by atoms with E-state index >= 15 is 0 Å². The fourth-order valence-corrected chi connectivity index (χ4v) is 4.25. The van der Waals surface area contributed by atoms with Crippen LogP contribution >= 0.6 is 11.3 Å². The first-order chi connectivity index (χ1) is 13.4. The normalized spacial score (nSPS) is 14.6. The van der Waals surface area contributed by atoms with E-state index in [2.05, 4.69) is 61.4 Å². The summed E-state index contributed by atoms with van der Waals surface area (Å²) in [5.74, 6) is 0.722. The van der Waals surface area contributed by atoms with Crippen molar-refractivity contribution in [3.63, 3.8) is 0 Å². The highest BCUT2D eigenvalue weighted by molar-refractivity contribution is 7.18. The standard InChI is InChI=1S/C22H28N4OS/c1-13-10-18(20-25-26-21(28-20)23-8-5-9-27)24-19-16(13)11-15(14-6-7-14)12-17(19)22(2,3)4/h10-12,14,27H,5-9H2,1-4H3,(H,23,26). The molecule has 1 aromatic carbocycles. The minimum absolute atomic E-state index is 0.0271. The van der Waals surface area contributed by atoms with E-state index in [1.165, 1.54) is 46.3 Å². The topological polar surface area (TPSA) is 70.9 Å². The number of aryl methyl sites for hydroxylation is 1. The van der Waals surface area contributed by atoms with Crippen LogP contribution in [0.4, 0.5) is 5.13 Å². The van der Waals surface area contributed by atoms with Crippen LogP contribution in [0, 0.1) is 6.92 Å². The van der Waals surface area contributed by atoms with E-state index in [1.807, 2.05) is 0 Å². The highest BCUT2D eigenvalue weighted by Gasteiger charge is 2.28. The van der Waals surface area contributed by atoms with E-state index in [9.17, 15) is 0 Å². The van der Waals surface area contributed by atoms with Gasteiger partial charge >= 0.3 is 0 Å². The van der Waals surface area contributed by atoms with E-state index < -0.39 is 0 Å². The van der Waals surface area contributed by atoms with E-state index in [4.69, 9.17) is 10.1 Å². The summed E-state index contributed by atoms with van der Waals surface area (Å²) < 4.78 is 0. The zero-order chi connectivity index (χ0) is 19.9. The largest absolute Gasteiger partial charge is 0.396 e. The van der Waals surface area contributed by atoms with Gasteiger partial charge in [-0.1, -0.05) is 38.2 Å². The Balaban J connectivity index is 1.78. The van der Waals surface area contributed by atoms with Gasteiger partial charge in [0.2, 0.25) is 5.13 Å². The maximum atomic E-state index is 8.93. The molecule has 0 radical (unpaired) electrons. The molecule has 0 atom stereocenters. The van der Waals surface area contributed by atoms with Crippen LogP contribution in [0.3, 0.4) is 0 Å². The maximum Gasteiger partial charge on any atom is 0.206 e. The van der Waals surface area contributed by atoms with Gasteiger partial charge in [-0.25, -0.2) is 4.98 Å². The number of aromatic nitrogens is 3. The molecule has 1 saturated carbocycles. The molecule has 1 fully saturated rings. The summed E-state index contributed by atoms with van der Waals surface area (Å²) in [6.45, 7) is 9.80. The molecule has 28 heavy (non-hydrogen) atoms. The lowest BCUT2D eigenvalue weighted by atomic mass is 9.83. The minimum Gasteiger partial charge on any atom is -0.396 e. The predicted molar refractivity (Wildman–Crippen MR) is 116 cm³/mol. The van der Waals surface area contributed by atoms with Crippen molar-refractivity contribution in [3.05, 3.63) is 34.9 Å². The first-order valence-corrected chi connectivity index (χ1v) is 10.8. The smallest absolute Gasteiger partial charge is 0.206 e. The molecule has 1 aliphatic carbocycles. The molecule has 2 heterocycles. The average molecular weight is 397 g/mol. The van der Waals surface area contributed by atoms with Gasteiger partial charge in [0, 0.05) is 18.5 Å². The van der Waals surface area contributed by atoms with Crippen molar-refractivity contribution in [3.8, 4) is 10.7 Å². The Morgan fingerprint density at radius 2 is 1.96 bits per heavy atom. The van der Waals surface area contributed by atoms with E-state index in [0.717, 1.165) is 27.3 Å². The van der Waals surface area contributed by atoms with Crippen LogP contribution in [0.5, 0.6) is 0 Å². The summed E-state index contributed by atoms with van der Waals surface area (Å²) >= 11 is 1.51. The zero-order valence-corrected chi connectivity index (χ0v) is 17.9. The number of aliphatic hydroxyl groups excluding tert-OH is 1. The Labute approximate surface area is 170 Å². The third-order valence-electron chi connectivity index (χ3n) is 5.25. The Bertz CT molecular complexity index is 1000. The second kappa shape index (κ2) is 7.41. The third kappa shape index (κ3) is 3.89. The van der Waals surface area contributed by atoms with Gasteiger partial charge in [-0.2, -0.15) is 0 Å². The summed E-state index contributed by atoms with van der Waals surface area (Å²) in [4.78, 5) is 5.04. The SMILES string of the molecule is Cc1cc(-c2nnc(NCCCO)s2)nc2c(C(C)(C)C)cc(C3CC3)cc12. The lowest BCUT2D eigenvalue weighted by Gasteiger charge is -2.23. The molecule has 6 heteroatoms. The van der Waals surface area contributed by atoms with E-state index in [-0.39, 0.29) is 12.0 Å². The number of pyridine rings is 1. The van der Waals surface area contributed by atoms with Gasteiger partial charge in [0.05, 0.1) is 5.52 Å². The fourth-order valence-electron chi connectivity index (χ4n) is 3.52. The number of benzene rings is 1. The summed E-state index contributed by atoms with van der Waals surface area (Å²) in [6.07, 6.45) is 3.30. The maximum absolute atomic E-state index is 8.93. The monoisotopic (exact) mass is 396 g/mol. The molecule has 2 N–H and O–H groups in total. The van der Waals surface area contributed by atoms with Gasteiger partial charge in [0.1, 0.15) is 5.69 Å². The Hall–Kier alpha value is -2.05. The number of aliphatic hydroxyl groups is 1. The third-order valence-corrected chi connectivity index (χ3v) is 6.16. The zero-order valence-electron chi connectivity index (χ0n) is 17.0. The fraction of sp³-hybridized carbons (Fsp3) is 0.500. The van der Waals surface area contributed by atoms with Gasteiger partial charge < -0.3 is 10.4 Å². The highest BCUT2D eigenvalue weighted by atomic mass is 32.1. The molecule has 0 aliphatic heterocycles. The number of nitrogens with zero attached hydrogens (tertiary/aromatic N) is 3. The number of rotatable bonds is 6. The Morgan fingerprint density at radius 1 is 1.18 bits per heavy atom. The average Bonchev–Trinajstić information content (AvgIpc) is 3.39. The van der Waals surface area contributed by atoms with Crippen molar-refractivity contribution >= 4 is 27.4 Å². The molecule has 0 spiro atoms. The van der Waals surface area contributed by atoms with Crippen LogP contribution in [0.15, 0.2) is 18.2 Å². The van der Waals surface area contributed by atoms with Crippen molar-refractivity contribution in [2.75, 3.05) is 18.5 Å². The summed E-state index contributed by atoms with van der Waals surface area (Å²) in [5, 5.41) is 23.5. The van der Waals surface area contributed by atoms with Gasteiger partial charge in [-0.15, -0.1) is 10.2 Å². The van der Waals surface area contributed by atoms with Gasteiger partial charge in [0.25, 0.3) is 0 Å². The summed E-state index contributed by atoms with van der Waals surface area (Å²) in [6, 6.07) is 6.85. The lowest BCUT2D eigenvalue weighted by Crippen LogP contribution is -2.13. The molecular formula is C22H28N4OS. The number of hydrogen-bond acceptors (Lipinski definition) is 6.